The van der Waals surface area contributed by atoms with E-state index in [9.17, 15) is 0 Å². The number of rotatable bonds is 0. The summed E-state index contributed by atoms with van der Waals surface area (Å²) in [5.74, 6) is 0. The van der Waals surface area contributed by atoms with Gasteiger partial charge in [0, 0.05) is 0 Å². The van der Waals surface area contributed by atoms with E-state index in [0.29, 0.717) is 0 Å². The Balaban J connectivity index is -0.000000354. The van der Waals surface area contributed by atoms with Crippen molar-refractivity contribution in [3.63, 3.8) is 0 Å². The predicted molar refractivity (Wildman–Crippen MR) is 116 cm³/mol. The van der Waals surface area contributed by atoms with Crippen LogP contribution in [0.25, 0.3) is 21.5 Å². The molecule has 0 spiro atoms. The molecule has 0 aromatic heterocycles. The molecule has 0 aliphatic heterocycles. The van der Waals surface area contributed by atoms with E-state index in [2.05, 4.69) is 80.6 Å². The first-order chi connectivity index (χ1) is 10.3. The molecular weight excluding hydrogens is 442 g/mol. The molecule has 0 fully saturated rings. The summed E-state index contributed by atoms with van der Waals surface area (Å²) in [6, 6.07) is 19.3. The fraction of sp³-hybridized carbons (Fsp3) is 0.0952. The fourth-order valence-electron chi connectivity index (χ4n) is 2.40. The van der Waals surface area contributed by atoms with E-state index in [1.165, 1.54) is 50.5 Å². The molecule has 0 atom stereocenters. The molecule has 3 aromatic rings. The van der Waals surface area contributed by atoms with Crippen LogP contribution >= 0.6 is 24.8 Å². The maximum Gasteiger partial charge on any atom is -0.0771 e. The molecule has 1 aliphatic rings. The standard InChI is InChI=1S/C13H9.C6H7.2CH3.2ClH.Si.Zr/c1-3-7-12-10(5-1)9-11-6-2-4-8-13(11)12;1-6-4-2-3-5-6;;;;;;/h1-9H;4-5H,2H2,1H3;2*1H3;2*1H;;/q4*-1;;;;. The molecule has 25 heavy (non-hydrogen) atoms. The minimum absolute atomic E-state index is 0. The van der Waals surface area contributed by atoms with Gasteiger partial charge in [0.1, 0.15) is 0 Å². The van der Waals surface area contributed by atoms with Crippen LogP contribution in [0.3, 0.4) is 0 Å². The molecule has 0 unspecified atom stereocenters. The van der Waals surface area contributed by atoms with Crippen LogP contribution < -0.4 is 0 Å². The van der Waals surface area contributed by atoms with E-state index in [4.69, 9.17) is 0 Å². The minimum Gasteiger partial charge on any atom is -0.126 e. The second kappa shape index (κ2) is 15.7. The Labute approximate surface area is 182 Å². The van der Waals surface area contributed by atoms with Gasteiger partial charge in [0.05, 0.1) is 0 Å². The van der Waals surface area contributed by atoms with E-state index in [1.807, 2.05) is 6.08 Å². The van der Waals surface area contributed by atoms with Crippen LogP contribution in [0.5, 0.6) is 0 Å². The van der Waals surface area contributed by atoms with Crippen molar-refractivity contribution in [3.8, 4) is 0 Å². The second-order valence-electron chi connectivity index (χ2n) is 4.82. The van der Waals surface area contributed by atoms with Gasteiger partial charge in [-0.1, -0.05) is 36.4 Å². The molecular formula is C21H24Cl2SiZr-4. The Bertz CT molecular complexity index is 738. The van der Waals surface area contributed by atoms with Gasteiger partial charge in [-0.25, -0.2) is 11.6 Å². The van der Waals surface area contributed by atoms with Crippen molar-refractivity contribution in [1.82, 2.24) is 0 Å². The van der Waals surface area contributed by atoms with E-state index in [0.717, 1.165) is 6.42 Å². The minimum atomic E-state index is 0. The van der Waals surface area contributed by atoms with Gasteiger partial charge in [0.2, 0.25) is 0 Å². The number of benzene rings is 2. The molecule has 1 aliphatic carbocycles. The third kappa shape index (κ3) is 8.13. The second-order valence-corrected chi connectivity index (χ2v) is 4.82. The van der Waals surface area contributed by atoms with Crippen molar-refractivity contribution in [2.24, 2.45) is 0 Å². The summed E-state index contributed by atoms with van der Waals surface area (Å²) in [6.45, 7) is 5.15. The summed E-state index contributed by atoms with van der Waals surface area (Å²) in [5.41, 5.74) is 1.34. The fourth-order valence-corrected chi connectivity index (χ4v) is 2.40. The van der Waals surface area contributed by atoms with Crippen LogP contribution in [0.4, 0.5) is 0 Å². The van der Waals surface area contributed by atoms with Gasteiger partial charge in [-0.2, -0.15) is 6.08 Å². The van der Waals surface area contributed by atoms with Crippen molar-refractivity contribution < 1.29 is 23.3 Å². The Morgan fingerprint density at radius 2 is 1.32 bits per heavy atom. The largest absolute Gasteiger partial charge is 0.126 e. The molecule has 4 rings (SSSR count). The van der Waals surface area contributed by atoms with Crippen molar-refractivity contribution in [1.29, 1.82) is 0 Å². The molecule has 0 saturated carbocycles. The summed E-state index contributed by atoms with van der Waals surface area (Å²) in [6.07, 6.45) is 8.24. The van der Waals surface area contributed by atoms with E-state index in [-0.39, 0.29) is 39.7 Å². The van der Waals surface area contributed by atoms with Gasteiger partial charge < -0.3 is 14.9 Å². The average molecular weight is 467 g/mol. The van der Waals surface area contributed by atoms with Gasteiger partial charge in [-0.3, -0.25) is 6.08 Å². The normalized spacial score (nSPS) is 10.3. The molecule has 0 N–H and O–H groups in total. The topological polar surface area (TPSA) is 0 Å². The first kappa shape index (κ1) is 29.2. The molecule has 0 nitrogen and oxygen atoms in total. The van der Waals surface area contributed by atoms with Crippen molar-refractivity contribution in [3.05, 3.63) is 93.3 Å². The SMILES string of the molecule is CC1=CC[C-]=C1.Cl.Cl.[CH3-].[CH3-].[Si]=[Zr].c1ccc2c(c1)[cH-]c1ccccc12. The first-order valence-electron chi connectivity index (χ1n) is 6.86. The van der Waals surface area contributed by atoms with Crippen LogP contribution in [-0.2, 0) is 23.3 Å². The van der Waals surface area contributed by atoms with Gasteiger partial charge in [-0.15, -0.1) is 77.9 Å². The van der Waals surface area contributed by atoms with Crippen LogP contribution in [0.1, 0.15) is 13.3 Å². The van der Waals surface area contributed by atoms with Crippen LogP contribution in [-0.4, -0.2) is 6.88 Å². The van der Waals surface area contributed by atoms with Crippen LogP contribution in [0, 0.1) is 20.9 Å². The van der Waals surface area contributed by atoms with E-state index in [1.54, 1.807) is 0 Å². The van der Waals surface area contributed by atoms with Crippen molar-refractivity contribution in [2.45, 2.75) is 13.3 Å². The Morgan fingerprint density at radius 3 is 1.64 bits per heavy atom. The van der Waals surface area contributed by atoms with Gasteiger partial charge in [0.25, 0.3) is 0 Å². The van der Waals surface area contributed by atoms with E-state index >= 15 is 0 Å². The Hall–Kier alpha value is -0.530. The smallest absolute Gasteiger partial charge is 0.0771 e. The average Bonchev–Trinajstić information content (AvgIpc) is 3.16. The number of hydrogen-bond acceptors (Lipinski definition) is 0. The third-order valence-corrected chi connectivity index (χ3v) is 3.39. The van der Waals surface area contributed by atoms with Crippen molar-refractivity contribution >= 4 is 53.2 Å². The zero-order chi connectivity index (χ0) is 15.1. The number of fused-ring (bicyclic) bond motifs is 3. The maximum absolute atomic E-state index is 3.06. The summed E-state index contributed by atoms with van der Waals surface area (Å²) in [5, 5.41) is 5.39. The quantitative estimate of drug-likeness (QED) is 0.253. The summed E-state index contributed by atoms with van der Waals surface area (Å²) < 4.78 is 0. The summed E-state index contributed by atoms with van der Waals surface area (Å²) in [7, 11) is 0. The zero-order valence-electron chi connectivity index (χ0n) is 14.9. The molecule has 3 aromatic carbocycles. The summed E-state index contributed by atoms with van der Waals surface area (Å²) >= 11 is 1.36. The molecule has 0 amide bonds. The number of hydrogen-bond donors (Lipinski definition) is 0. The maximum atomic E-state index is 3.06. The molecule has 0 bridgehead atoms. The molecule has 134 valence electrons. The van der Waals surface area contributed by atoms with Crippen LogP contribution in [0.2, 0.25) is 0 Å². The zero-order valence-corrected chi connectivity index (χ0v) is 20.0. The van der Waals surface area contributed by atoms with Gasteiger partial charge in [-0.05, 0) is 0 Å². The van der Waals surface area contributed by atoms with Gasteiger partial charge >= 0.3 is 30.2 Å². The van der Waals surface area contributed by atoms with Crippen LogP contribution in [0.15, 0.2) is 72.3 Å². The molecule has 0 saturated heterocycles. The third-order valence-electron chi connectivity index (χ3n) is 3.39. The Kier molecular flexibility index (Phi) is 18.4. The molecule has 4 heteroatoms. The van der Waals surface area contributed by atoms with Gasteiger partial charge in [0.15, 0.2) is 0 Å². The number of allylic oxidation sites excluding steroid dienone is 4. The predicted octanol–water partition coefficient (Wildman–Crippen LogP) is 6.77. The monoisotopic (exact) mass is 464 g/mol. The van der Waals surface area contributed by atoms with Crippen molar-refractivity contribution in [2.75, 3.05) is 0 Å². The molecule has 2 radical (unpaired) electrons. The number of halogens is 2. The van der Waals surface area contributed by atoms with E-state index < -0.39 is 0 Å². The summed E-state index contributed by atoms with van der Waals surface area (Å²) in [4.78, 5) is 0. The molecule has 0 heterocycles. The Morgan fingerprint density at radius 1 is 0.880 bits per heavy atom. The first-order valence-corrected chi connectivity index (χ1v) is 11.0.